The van der Waals surface area contributed by atoms with E-state index >= 15 is 0 Å². The summed E-state index contributed by atoms with van der Waals surface area (Å²) >= 11 is 0. The minimum Gasteiger partial charge on any atom is -0.495 e. The number of rotatable bonds is 17. The van der Waals surface area contributed by atoms with E-state index in [-0.39, 0.29) is 55.1 Å². The maximum Gasteiger partial charge on any atom is 0.178 e. The van der Waals surface area contributed by atoms with Crippen molar-refractivity contribution in [3.63, 3.8) is 0 Å². The number of aliphatic hydroxyl groups is 2. The lowest BCUT2D eigenvalue weighted by molar-refractivity contribution is -0.111. The maximum atomic E-state index is 11.0. The summed E-state index contributed by atoms with van der Waals surface area (Å²) in [6.45, 7) is 6.27. The number of anilines is 7. The van der Waals surface area contributed by atoms with Crippen molar-refractivity contribution in [3.8, 4) is 11.5 Å². The molecule has 10 rings (SSSR count). The summed E-state index contributed by atoms with van der Waals surface area (Å²) in [6.07, 6.45) is 21.7. The third kappa shape index (κ3) is 22.1. The van der Waals surface area contributed by atoms with Gasteiger partial charge in [-0.1, -0.05) is 0 Å². The van der Waals surface area contributed by atoms with Crippen LogP contribution in [0.25, 0.3) is 0 Å². The smallest absolute Gasteiger partial charge is 0.178 e. The first kappa shape index (κ1) is 74.2. The number of ketones is 2. The molecule has 98 heavy (non-hydrogen) atoms. The van der Waals surface area contributed by atoms with E-state index in [9.17, 15) is 9.59 Å². The second-order valence-corrected chi connectivity index (χ2v) is 20.8. The molecule has 0 fully saturated rings. The molecule has 0 saturated heterocycles. The molecular weight excluding hydrogens is 1250 g/mol. The molecular formula is C71H80N18O9. The fourth-order valence-electron chi connectivity index (χ4n) is 8.69. The zero-order valence-electron chi connectivity index (χ0n) is 54.7. The summed E-state index contributed by atoms with van der Waals surface area (Å²) in [4.78, 5) is 46.2. The summed E-state index contributed by atoms with van der Waals surface area (Å²) in [5, 5.41) is 41.2. The van der Waals surface area contributed by atoms with Crippen LogP contribution in [-0.2, 0) is 23.8 Å². The lowest BCUT2D eigenvalue weighted by Crippen LogP contribution is -2.21. The molecule has 0 saturated carbocycles. The molecule has 5 aliphatic carbocycles. The highest BCUT2D eigenvalue weighted by molar-refractivity contribution is 6.52. The zero-order valence-corrected chi connectivity index (χ0v) is 54.7. The Bertz CT molecular complexity index is 4240. The number of benzene rings is 5. The summed E-state index contributed by atoms with van der Waals surface area (Å²) < 4.78 is 26.0. The number of methoxy groups -OCH3 is 3. The Kier molecular flexibility index (Phi) is 27.7. The summed E-state index contributed by atoms with van der Waals surface area (Å²) in [5.41, 5.74) is 63.8. The fraction of sp³-hybridized carbons (Fsp3) is 0.155. The molecule has 0 spiro atoms. The van der Waals surface area contributed by atoms with Gasteiger partial charge < -0.3 is 90.4 Å². The standard InChI is InChI=1S/C17H22N4O.C14H16N4O2.C14H15N3O3.C13H14N4O.C13H13N3O2/c1-4-21(5-2)13-8-6-12(7-9-13)20-16-11-17(22-3)15(19)10-14(16)18;15-9-1-3-10(4-2-9)18-13-8-14(20-6-5-19)12(17)7-11(13)16;15-11-7-12(16)14(20-6-5-18)8-13(11)17-9-1-3-10(19)4-2-9;1-18-13-7-12(10(15)6-11(13)16)17-9-4-2-8(14)3-5-9;1-18-13-7-12(10(14)6-11(13)15)16-8-2-4-9(17)5-3-8/h6-11,18H,4-5,19H2,1-3H3;1-4,7-8,16,19H,5-6,15,17H2;1-4,7-8,18H,5-6,15-16H2;2-7,15H,14,16H2,1H3;2-7H,14-15H2,1H3. The van der Waals surface area contributed by atoms with Gasteiger partial charge in [-0.3, -0.25) is 25.8 Å². The highest BCUT2D eigenvalue weighted by Gasteiger charge is 2.19. The van der Waals surface area contributed by atoms with Gasteiger partial charge in [-0.05, 0) is 166 Å². The minimum absolute atomic E-state index is 0.0585. The Hall–Kier alpha value is -12.9. The third-order valence-electron chi connectivity index (χ3n) is 13.7. The van der Waals surface area contributed by atoms with E-state index in [4.69, 9.17) is 102 Å². The van der Waals surface area contributed by atoms with Crippen LogP contribution in [0.2, 0.25) is 0 Å². The SMILES string of the molecule is CCN(CC)c1ccc(N=C2C=C(OC)C(N)=CC2=N)cc1.COC1=CC(=Nc2ccc(N)cc2)C(=N)C=C1N.COc1cc(N=C2C=CC(=O)C=C2)c(N)cc1N.N=C1C=C(N)C(OCCO)=CC1=Nc1ccc(N)cc1.Nc1cc(N)c(OCCO)cc1N=C1C=CC(=O)C=C1. The molecule has 27 nitrogen and oxygen atoms in total. The lowest BCUT2D eigenvalue weighted by atomic mass is 10.1. The molecule has 0 unspecified atom stereocenters. The van der Waals surface area contributed by atoms with E-state index in [1.807, 2.05) is 24.3 Å². The van der Waals surface area contributed by atoms with Crippen LogP contribution in [0.3, 0.4) is 0 Å². The lowest BCUT2D eigenvalue weighted by Gasteiger charge is -2.20. The van der Waals surface area contributed by atoms with Crippen LogP contribution in [0.1, 0.15) is 13.8 Å². The molecule has 508 valence electrons. The number of nitrogens with zero attached hydrogens (tertiary/aromatic N) is 6. The zero-order chi connectivity index (χ0) is 71.4. The van der Waals surface area contributed by atoms with Crippen LogP contribution in [0, 0.1) is 16.2 Å². The minimum atomic E-state index is -0.110. The van der Waals surface area contributed by atoms with Gasteiger partial charge in [0, 0.05) is 60.5 Å². The van der Waals surface area contributed by atoms with Crippen LogP contribution in [0.15, 0.2) is 241 Å². The number of hydrogen-bond donors (Lipinski definition) is 14. The van der Waals surface area contributed by atoms with Gasteiger partial charge in [0.1, 0.15) is 42.0 Å². The van der Waals surface area contributed by atoms with Crippen molar-refractivity contribution in [1.29, 1.82) is 16.2 Å². The predicted molar refractivity (Wildman–Crippen MR) is 395 cm³/mol. The first-order chi connectivity index (χ1) is 47.0. The number of aliphatic hydroxyl groups excluding tert-OH is 2. The molecule has 0 bridgehead atoms. The fourth-order valence-corrected chi connectivity index (χ4v) is 8.69. The average molecular weight is 1330 g/mol. The Morgan fingerprint density at radius 3 is 1.12 bits per heavy atom. The van der Waals surface area contributed by atoms with Crippen molar-refractivity contribution in [3.05, 3.63) is 216 Å². The molecule has 23 N–H and O–H groups in total. The number of aliphatic imine (C=N–C) groups is 5. The molecule has 0 radical (unpaired) electrons. The Balaban J connectivity index is 0.000000194. The number of ether oxygens (including phenoxy) is 5. The summed E-state index contributed by atoms with van der Waals surface area (Å²) in [6, 6.07) is 28.5. The largest absolute Gasteiger partial charge is 0.495 e. The topological polar surface area (TPSA) is 492 Å². The van der Waals surface area contributed by atoms with Crippen molar-refractivity contribution in [2.24, 2.45) is 42.2 Å². The Labute approximate surface area is 567 Å². The van der Waals surface area contributed by atoms with Gasteiger partial charge in [0.05, 0.1) is 149 Å². The molecule has 5 aromatic carbocycles. The van der Waals surface area contributed by atoms with Gasteiger partial charge in [0.15, 0.2) is 11.6 Å². The summed E-state index contributed by atoms with van der Waals surface area (Å²) in [5.74, 6) is 2.24. The quantitative estimate of drug-likeness (QED) is 0.0236. The van der Waals surface area contributed by atoms with Gasteiger partial charge in [-0.2, -0.15) is 0 Å². The van der Waals surface area contributed by atoms with E-state index in [0.717, 1.165) is 24.5 Å². The van der Waals surface area contributed by atoms with Crippen LogP contribution < -0.4 is 66.0 Å². The second kappa shape index (κ2) is 36.5. The number of hydrogen-bond acceptors (Lipinski definition) is 27. The van der Waals surface area contributed by atoms with Crippen LogP contribution in [0.4, 0.5) is 68.2 Å². The van der Waals surface area contributed by atoms with Gasteiger partial charge in [-0.15, -0.1) is 0 Å². The Morgan fingerprint density at radius 2 is 0.755 bits per heavy atom. The molecule has 5 aliphatic rings. The molecule has 27 heteroatoms. The average Bonchev–Trinajstić information content (AvgIpc) is 1.79. The highest BCUT2D eigenvalue weighted by atomic mass is 16.5. The molecule has 0 heterocycles. The number of carbonyl (C=O) groups is 2. The van der Waals surface area contributed by atoms with Crippen molar-refractivity contribution >= 4 is 126 Å². The van der Waals surface area contributed by atoms with Gasteiger partial charge in [-0.25, -0.2) is 25.0 Å². The molecule has 5 aromatic rings. The Morgan fingerprint density at radius 1 is 0.408 bits per heavy atom. The van der Waals surface area contributed by atoms with E-state index in [1.165, 1.54) is 56.4 Å². The summed E-state index contributed by atoms with van der Waals surface area (Å²) in [7, 11) is 4.61. The van der Waals surface area contributed by atoms with E-state index in [1.54, 1.807) is 129 Å². The molecule has 0 aliphatic heterocycles. The van der Waals surface area contributed by atoms with Crippen molar-refractivity contribution in [2.45, 2.75) is 13.8 Å². The normalized spacial score (nSPS) is 15.6. The number of nitrogens with one attached hydrogen (secondary N) is 3. The molecule has 0 amide bonds. The van der Waals surface area contributed by atoms with Crippen molar-refractivity contribution in [2.75, 3.05) is 100 Å². The van der Waals surface area contributed by atoms with Crippen molar-refractivity contribution in [1.82, 2.24) is 0 Å². The highest BCUT2D eigenvalue weighted by Crippen LogP contribution is 2.35. The third-order valence-corrected chi connectivity index (χ3v) is 13.7. The monoisotopic (exact) mass is 1330 g/mol. The van der Waals surface area contributed by atoms with Gasteiger partial charge >= 0.3 is 0 Å². The van der Waals surface area contributed by atoms with E-state index in [2.05, 4.69) is 43.7 Å². The van der Waals surface area contributed by atoms with Gasteiger partial charge in [0.25, 0.3) is 0 Å². The number of nitrogens with two attached hydrogens (primary N) is 9. The molecule has 0 aromatic heterocycles. The van der Waals surface area contributed by atoms with E-state index in [0.29, 0.717) is 126 Å². The van der Waals surface area contributed by atoms with Crippen LogP contribution in [-0.4, -0.2) is 128 Å². The second-order valence-electron chi connectivity index (χ2n) is 20.8. The number of nitrogen functional groups attached to an aromatic ring is 6. The van der Waals surface area contributed by atoms with Crippen LogP contribution in [0.5, 0.6) is 11.5 Å². The molecule has 0 atom stereocenters. The van der Waals surface area contributed by atoms with E-state index < -0.39 is 0 Å². The van der Waals surface area contributed by atoms with Gasteiger partial charge in [0.2, 0.25) is 0 Å². The van der Waals surface area contributed by atoms with Crippen molar-refractivity contribution < 1.29 is 43.5 Å². The number of carbonyl (C=O) groups excluding carboxylic acids is 2. The van der Waals surface area contributed by atoms with Crippen LogP contribution >= 0.6 is 0 Å². The maximum absolute atomic E-state index is 11.0. The first-order valence-electron chi connectivity index (χ1n) is 30.1. The predicted octanol–water partition coefficient (Wildman–Crippen LogP) is 8.49. The first-order valence-corrected chi connectivity index (χ1v) is 30.1. The number of allylic oxidation sites excluding steroid dienone is 14.